The molecule has 6 unspecified atom stereocenters. The number of hydrogen-bond donors (Lipinski definition) is 0. The van der Waals surface area contributed by atoms with Gasteiger partial charge in [-0.15, -0.1) is 0 Å². The summed E-state index contributed by atoms with van der Waals surface area (Å²) < 4.78 is 23.6. The molecule has 0 N–H and O–H groups in total. The van der Waals surface area contributed by atoms with Crippen LogP contribution in [0.15, 0.2) is 60.7 Å². The maximum absolute atomic E-state index is 13.0. The summed E-state index contributed by atoms with van der Waals surface area (Å²) in [5.74, 6) is -0.0248. The number of carbonyl (C=O) groups excluding carboxylic acids is 1. The van der Waals surface area contributed by atoms with Gasteiger partial charge in [-0.1, -0.05) is 48.5 Å². The molecule has 0 radical (unpaired) electrons. The first-order valence-electron chi connectivity index (χ1n) is 9.16. The molecule has 6 heteroatoms. The number of nitrogens with zero attached hydrogens (tertiary/aromatic N) is 1. The van der Waals surface area contributed by atoms with E-state index in [1.54, 1.807) is 7.11 Å². The van der Waals surface area contributed by atoms with Gasteiger partial charge in [-0.2, -0.15) is 0 Å². The van der Waals surface area contributed by atoms with Gasteiger partial charge in [0.1, 0.15) is 18.2 Å². The van der Waals surface area contributed by atoms with Crippen LogP contribution in [-0.4, -0.2) is 55.1 Å². The second kappa shape index (κ2) is 6.73. The zero-order valence-corrected chi connectivity index (χ0v) is 14.9. The van der Waals surface area contributed by atoms with Gasteiger partial charge in [0, 0.05) is 18.2 Å². The molecule has 0 spiro atoms. The van der Waals surface area contributed by atoms with E-state index in [0.717, 1.165) is 5.56 Å². The smallest absolute Gasteiger partial charge is 0.254 e. The SMILES string of the molecule is COC1OC2COC(c3ccccc3)OC2C2C1N2C(=O)c1ccccc1. The Kier molecular flexibility index (Phi) is 4.21. The Labute approximate surface area is 157 Å². The Morgan fingerprint density at radius 3 is 2.41 bits per heavy atom. The maximum atomic E-state index is 13.0. The third-order valence-electron chi connectivity index (χ3n) is 5.45. The predicted octanol–water partition coefficient (Wildman–Crippen LogP) is 2.37. The number of methoxy groups -OCH3 is 1. The van der Waals surface area contributed by atoms with E-state index in [2.05, 4.69) is 0 Å². The first-order valence-corrected chi connectivity index (χ1v) is 9.16. The fourth-order valence-electron chi connectivity index (χ4n) is 4.11. The number of fused-ring (bicyclic) bond motifs is 3. The highest BCUT2D eigenvalue weighted by Gasteiger charge is 2.66. The molecule has 3 fully saturated rings. The van der Waals surface area contributed by atoms with Gasteiger partial charge in [-0.05, 0) is 12.1 Å². The molecule has 5 rings (SSSR count). The average molecular weight is 367 g/mol. The van der Waals surface area contributed by atoms with E-state index in [9.17, 15) is 4.79 Å². The van der Waals surface area contributed by atoms with Crippen molar-refractivity contribution in [2.75, 3.05) is 13.7 Å². The van der Waals surface area contributed by atoms with Gasteiger partial charge in [-0.25, -0.2) is 0 Å². The second-order valence-electron chi connectivity index (χ2n) is 7.01. The standard InChI is InChI=1S/C21H21NO5/c1-24-21-17-16(22(17)19(23)13-8-4-2-5-9-13)18-15(26-21)12-25-20(27-18)14-10-6-3-7-11-14/h2-11,15-18,20-21H,12H2,1H3. The van der Waals surface area contributed by atoms with Gasteiger partial charge in [0.2, 0.25) is 0 Å². The van der Waals surface area contributed by atoms with Crippen LogP contribution in [0.2, 0.25) is 0 Å². The third-order valence-corrected chi connectivity index (χ3v) is 5.45. The molecule has 3 aliphatic rings. The van der Waals surface area contributed by atoms with E-state index < -0.39 is 12.6 Å². The van der Waals surface area contributed by atoms with Crippen molar-refractivity contribution < 1.29 is 23.7 Å². The van der Waals surface area contributed by atoms with Gasteiger partial charge < -0.3 is 23.8 Å². The quantitative estimate of drug-likeness (QED) is 0.780. The highest BCUT2D eigenvalue weighted by molar-refractivity contribution is 5.96. The highest BCUT2D eigenvalue weighted by Crippen LogP contribution is 2.46. The second-order valence-corrected chi connectivity index (χ2v) is 7.01. The van der Waals surface area contributed by atoms with Crippen LogP contribution in [0.1, 0.15) is 22.2 Å². The molecule has 0 aliphatic carbocycles. The molecular weight excluding hydrogens is 346 g/mol. The van der Waals surface area contributed by atoms with E-state index in [1.165, 1.54) is 0 Å². The van der Waals surface area contributed by atoms with Crippen LogP contribution in [0.4, 0.5) is 0 Å². The van der Waals surface area contributed by atoms with Crippen LogP contribution in [0, 0.1) is 0 Å². The molecule has 2 aromatic rings. The first-order chi connectivity index (χ1) is 13.3. The molecule has 1 amide bonds. The Balaban J connectivity index is 1.39. The number of benzene rings is 2. The lowest BCUT2D eigenvalue weighted by molar-refractivity contribution is -0.304. The van der Waals surface area contributed by atoms with E-state index in [1.807, 2.05) is 65.6 Å². The summed E-state index contributed by atoms with van der Waals surface area (Å²) in [7, 11) is 1.60. The average Bonchev–Trinajstić information content (AvgIpc) is 3.49. The van der Waals surface area contributed by atoms with Crippen molar-refractivity contribution in [1.82, 2.24) is 4.90 Å². The summed E-state index contributed by atoms with van der Waals surface area (Å²) in [5.41, 5.74) is 1.62. The largest absolute Gasteiger partial charge is 0.354 e. The maximum Gasteiger partial charge on any atom is 0.254 e. The fraction of sp³-hybridized carbons (Fsp3) is 0.381. The molecule has 27 heavy (non-hydrogen) atoms. The lowest BCUT2D eigenvalue weighted by Gasteiger charge is -2.39. The summed E-state index contributed by atoms with van der Waals surface area (Å²) in [6, 6.07) is 18.9. The summed E-state index contributed by atoms with van der Waals surface area (Å²) >= 11 is 0. The number of rotatable bonds is 3. The van der Waals surface area contributed by atoms with Crippen molar-refractivity contribution in [2.24, 2.45) is 0 Å². The van der Waals surface area contributed by atoms with Crippen LogP contribution < -0.4 is 0 Å². The molecule has 2 aromatic carbocycles. The summed E-state index contributed by atoms with van der Waals surface area (Å²) in [6.07, 6.45) is -1.42. The van der Waals surface area contributed by atoms with Crippen molar-refractivity contribution in [2.45, 2.75) is 36.9 Å². The molecule has 0 bridgehead atoms. The lowest BCUT2D eigenvalue weighted by atomic mass is 10.0. The van der Waals surface area contributed by atoms with E-state index in [-0.39, 0.29) is 30.2 Å². The summed E-state index contributed by atoms with van der Waals surface area (Å²) in [4.78, 5) is 14.8. The number of carbonyl (C=O) groups is 1. The van der Waals surface area contributed by atoms with Gasteiger partial charge in [-0.3, -0.25) is 4.79 Å². The van der Waals surface area contributed by atoms with Crippen LogP contribution in [0.25, 0.3) is 0 Å². The first kappa shape index (κ1) is 16.9. The molecule has 6 nitrogen and oxygen atoms in total. The molecule has 3 saturated heterocycles. The van der Waals surface area contributed by atoms with Crippen LogP contribution in [0.5, 0.6) is 0 Å². The van der Waals surface area contributed by atoms with E-state index in [0.29, 0.717) is 12.2 Å². The van der Waals surface area contributed by atoms with E-state index >= 15 is 0 Å². The fourth-order valence-corrected chi connectivity index (χ4v) is 4.11. The lowest BCUT2D eigenvalue weighted by Crippen LogP contribution is -2.52. The molecule has 3 aliphatic heterocycles. The summed E-state index contributed by atoms with van der Waals surface area (Å²) in [6.45, 7) is 0.403. The number of ether oxygens (including phenoxy) is 4. The topological polar surface area (TPSA) is 57.0 Å². The van der Waals surface area contributed by atoms with Gasteiger partial charge >= 0.3 is 0 Å². The van der Waals surface area contributed by atoms with Gasteiger partial charge in [0.15, 0.2) is 12.6 Å². The highest BCUT2D eigenvalue weighted by atomic mass is 16.7. The number of amides is 1. The minimum Gasteiger partial charge on any atom is -0.354 e. The monoisotopic (exact) mass is 367 g/mol. The Hall–Kier alpha value is -2.25. The van der Waals surface area contributed by atoms with Crippen LogP contribution in [-0.2, 0) is 18.9 Å². The Morgan fingerprint density at radius 1 is 1.00 bits per heavy atom. The van der Waals surface area contributed by atoms with Gasteiger partial charge in [0.05, 0.1) is 12.6 Å². The van der Waals surface area contributed by atoms with E-state index in [4.69, 9.17) is 18.9 Å². The molecular formula is C21H21NO5. The predicted molar refractivity (Wildman–Crippen MR) is 95.9 cm³/mol. The normalized spacial score (nSPS) is 34.5. The van der Waals surface area contributed by atoms with Crippen molar-refractivity contribution >= 4 is 5.91 Å². The van der Waals surface area contributed by atoms with Gasteiger partial charge in [0.25, 0.3) is 5.91 Å². The minimum atomic E-state index is -0.468. The Morgan fingerprint density at radius 2 is 1.70 bits per heavy atom. The number of hydrogen-bond acceptors (Lipinski definition) is 5. The van der Waals surface area contributed by atoms with Crippen LogP contribution in [0.3, 0.4) is 0 Å². The zero-order chi connectivity index (χ0) is 18.4. The molecule has 3 heterocycles. The van der Waals surface area contributed by atoms with Crippen LogP contribution >= 0.6 is 0 Å². The molecule has 6 atom stereocenters. The van der Waals surface area contributed by atoms with Crippen molar-refractivity contribution in [3.8, 4) is 0 Å². The molecule has 140 valence electrons. The minimum absolute atomic E-state index is 0.0248. The summed E-state index contributed by atoms with van der Waals surface area (Å²) in [5, 5.41) is 0. The van der Waals surface area contributed by atoms with Crippen molar-refractivity contribution in [3.63, 3.8) is 0 Å². The molecule has 0 aromatic heterocycles. The Bertz CT molecular complexity index is 814. The zero-order valence-electron chi connectivity index (χ0n) is 14.9. The third kappa shape index (κ3) is 2.85. The van der Waals surface area contributed by atoms with Crippen molar-refractivity contribution in [1.29, 1.82) is 0 Å². The van der Waals surface area contributed by atoms with Crippen molar-refractivity contribution in [3.05, 3.63) is 71.8 Å². The molecule has 0 saturated carbocycles.